The molecule has 1 heteroatoms. The van der Waals surface area contributed by atoms with Crippen LogP contribution in [0, 0.1) is 11.3 Å². The van der Waals surface area contributed by atoms with E-state index in [4.69, 9.17) is 5.73 Å². The van der Waals surface area contributed by atoms with Crippen molar-refractivity contribution in [3.8, 4) is 0 Å². The fourth-order valence-electron chi connectivity index (χ4n) is 0.925. The lowest BCUT2D eigenvalue weighted by Crippen LogP contribution is -2.12. The second-order valence-corrected chi connectivity index (χ2v) is 2.96. The Bertz CT molecular complexity index is 76.2. The molecule has 0 heterocycles. The van der Waals surface area contributed by atoms with Crippen molar-refractivity contribution in [1.29, 1.82) is 0 Å². The Labute approximate surface area is 44.9 Å². The van der Waals surface area contributed by atoms with Gasteiger partial charge in [-0.3, -0.25) is 0 Å². The summed E-state index contributed by atoms with van der Waals surface area (Å²) in [6.07, 6.45) is 1.34. The summed E-state index contributed by atoms with van der Waals surface area (Å²) in [5, 5.41) is 0. The Balaban J connectivity index is 2.36. The Morgan fingerprint density at radius 2 is 2.29 bits per heavy atom. The van der Waals surface area contributed by atoms with E-state index in [1.165, 1.54) is 6.42 Å². The lowest BCUT2D eigenvalue weighted by molar-refractivity contribution is 0.535. The average molecular weight is 99.2 g/mol. The van der Waals surface area contributed by atoms with E-state index in [0.29, 0.717) is 5.41 Å². The SMILES string of the molecule is C[C@H]1CC1(C)CN. The van der Waals surface area contributed by atoms with Crippen LogP contribution in [-0.2, 0) is 0 Å². The van der Waals surface area contributed by atoms with Gasteiger partial charge in [0.15, 0.2) is 0 Å². The Kier molecular flexibility index (Phi) is 0.890. The highest BCUT2D eigenvalue weighted by molar-refractivity contribution is 4.96. The largest absolute Gasteiger partial charge is 0.330 e. The van der Waals surface area contributed by atoms with Crippen LogP contribution in [0.4, 0.5) is 0 Å². The van der Waals surface area contributed by atoms with E-state index in [1.54, 1.807) is 0 Å². The zero-order valence-corrected chi connectivity index (χ0v) is 5.07. The van der Waals surface area contributed by atoms with Gasteiger partial charge in [-0.25, -0.2) is 0 Å². The van der Waals surface area contributed by atoms with Crippen molar-refractivity contribution in [2.45, 2.75) is 20.3 Å². The van der Waals surface area contributed by atoms with E-state index in [-0.39, 0.29) is 0 Å². The summed E-state index contributed by atoms with van der Waals surface area (Å²) in [5.74, 6) is 0.887. The first-order valence-electron chi connectivity index (χ1n) is 2.89. The summed E-state index contributed by atoms with van der Waals surface area (Å²) in [4.78, 5) is 0. The van der Waals surface area contributed by atoms with Crippen LogP contribution in [-0.4, -0.2) is 6.54 Å². The molecule has 0 saturated heterocycles. The normalized spacial score (nSPS) is 49.3. The maximum atomic E-state index is 5.46. The molecule has 0 aromatic rings. The molecule has 1 fully saturated rings. The zero-order valence-electron chi connectivity index (χ0n) is 5.07. The highest BCUT2D eigenvalue weighted by Crippen LogP contribution is 2.50. The Morgan fingerprint density at radius 1 is 1.86 bits per heavy atom. The zero-order chi connectivity index (χ0) is 5.49. The van der Waals surface area contributed by atoms with Crippen molar-refractivity contribution in [3.63, 3.8) is 0 Å². The van der Waals surface area contributed by atoms with Crippen molar-refractivity contribution < 1.29 is 0 Å². The molecule has 0 radical (unpaired) electrons. The molecule has 7 heavy (non-hydrogen) atoms. The van der Waals surface area contributed by atoms with Crippen LogP contribution in [0.1, 0.15) is 20.3 Å². The molecule has 1 saturated carbocycles. The minimum atomic E-state index is 0.528. The van der Waals surface area contributed by atoms with E-state index >= 15 is 0 Å². The van der Waals surface area contributed by atoms with Crippen LogP contribution in [0.3, 0.4) is 0 Å². The molecule has 0 bridgehead atoms. The summed E-state index contributed by atoms with van der Waals surface area (Å²) < 4.78 is 0. The third-order valence-electron chi connectivity index (χ3n) is 2.27. The second-order valence-electron chi connectivity index (χ2n) is 2.96. The van der Waals surface area contributed by atoms with Gasteiger partial charge in [-0.05, 0) is 24.3 Å². The average Bonchev–Trinajstić information content (AvgIpc) is 2.18. The summed E-state index contributed by atoms with van der Waals surface area (Å²) in [7, 11) is 0. The first kappa shape index (κ1) is 5.10. The van der Waals surface area contributed by atoms with E-state index in [0.717, 1.165) is 12.5 Å². The van der Waals surface area contributed by atoms with Crippen molar-refractivity contribution in [3.05, 3.63) is 0 Å². The number of hydrogen-bond donors (Lipinski definition) is 1. The third kappa shape index (κ3) is 0.653. The van der Waals surface area contributed by atoms with Crippen LogP contribution in [0.2, 0.25) is 0 Å². The van der Waals surface area contributed by atoms with Crippen LogP contribution >= 0.6 is 0 Å². The highest BCUT2D eigenvalue weighted by atomic mass is 14.7. The molecule has 0 spiro atoms. The lowest BCUT2D eigenvalue weighted by Gasteiger charge is -2.00. The second kappa shape index (κ2) is 1.22. The van der Waals surface area contributed by atoms with Gasteiger partial charge in [0.2, 0.25) is 0 Å². The van der Waals surface area contributed by atoms with E-state index in [9.17, 15) is 0 Å². The lowest BCUT2D eigenvalue weighted by atomic mass is 10.1. The first-order valence-corrected chi connectivity index (χ1v) is 2.89. The Hall–Kier alpha value is -0.0400. The first-order chi connectivity index (χ1) is 3.19. The highest BCUT2D eigenvalue weighted by Gasteiger charge is 2.44. The van der Waals surface area contributed by atoms with Crippen LogP contribution in [0.15, 0.2) is 0 Å². The fraction of sp³-hybridized carbons (Fsp3) is 1.00. The van der Waals surface area contributed by atoms with Crippen molar-refractivity contribution in [2.75, 3.05) is 6.54 Å². The summed E-state index contributed by atoms with van der Waals surface area (Å²) in [6.45, 7) is 5.37. The van der Waals surface area contributed by atoms with Crippen molar-refractivity contribution in [2.24, 2.45) is 17.1 Å². The van der Waals surface area contributed by atoms with Gasteiger partial charge in [-0.2, -0.15) is 0 Å². The summed E-state index contributed by atoms with van der Waals surface area (Å²) in [6, 6.07) is 0. The summed E-state index contributed by atoms with van der Waals surface area (Å²) in [5.41, 5.74) is 5.99. The molecule has 42 valence electrons. The quantitative estimate of drug-likeness (QED) is 0.521. The van der Waals surface area contributed by atoms with Gasteiger partial charge < -0.3 is 5.73 Å². The standard InChI is InChI=1S/C6H13N/c1-5-3-6(5,2)4-7/h5H,3-4,7H2,1-2H3/t5-,6?/m0/s1. The van der Waals surface area contributed by atoms with E-state index in [1.807, 2.05) is 0 Å². The monoisotopic (exact) mass is 99.1 g/mol. The maximum Gasteiger partial charge on any atom is -0.00205 e. The Morgan fingerprint density at radius 3 is 2.29 bits per heavy atom. The van der Waals surface area contributed by atoms with Crippen LogP contribution < -0.4 is 5.73 Å². The van der Waals surface area contributed by atoms with Gasteiger partial charge in [0, 0.05) is 0 Å². The smallest absolute Gasteiger partial charge is 0.00205 e. The minimum absolute atomic E-state index is 0.528. The fourth-order valence-corrected chi connectivity index (χ4v) is 0.925. The number of hydrogen-bond acceptors (Lipinski definition) is 1. The number of rotatable bonds is 1. The van der Waals surface area contributed by atoms with Gasteiger partial charge in [0.25, 0.3) is 0 Å². The molecule has 1 unspecified atom stereocenters. The molecule has 1 aliphatic rings. The molecule has 0 aromatic heterocycles. The van der Waals surface area contributed by atoms with Gasteiger partial charge in [0.05, 0.1) is 0 Å². The van der Waals surface area contributed by atoms with Crippen molar-refractivity contribution in [1.82, 2.24) is 0 Å². The van der Waals surface area contributed by atoms with Gasteiger partial charge in [-0.15, -0.1) is 0 Å². The van der Waals surface area contributed by atoms with Gasteiger partial charge in [-0.1, -0.05) is 13.8 Å². The van der Waals surface area contributed by atoms with E-state index < -0.39 is 0 Å². The molecule has 0 aliphatic heterocycles. The molecule has 1 rings (SSSR count). The summed E-state index contributed by atoms with van der Waals surface area (Å²) >= 11 is 0. The topological polar surface area (TPSA) is 26.0 Å². The minimum Gasteiger partial charge on any atom is -0.330 e. The number of nitrogens with two attached hydrogens (primary N) is 1. The molecular formula is C6H13N. The molecule has 0 aromatic carbocycles. The van der Waals surface area contributed by atoms with Gasteiger partial charge in [0.1, 0.15) is 0 Å². The predicted molar refractivity (Wildman–Crippen MR) is 30.9 cm³/mol. The van der Waals surface area contributed by atoms with Crippen LogP contribution in [0.25, 0.3) is 0 Å². The molecule has 2 atom stereocenters. The van der Waals surface area contributed by atoms with Crippen molar-refractivity contribution >= 4 is 0 Å². The molecule has 0 amide bonds. The van der Waals surface area contributed by atoms with Gasteiger partial charge >= 0.3 is 0 Å². The molecule has 1 aliphatic carbocycles. The molecule has 1 nitrogen and oxygen atoms in total. The van der Waals surface area contributed by atoms with E-state index in [2.05, 4.69) is 13.8 Å². The van der Waals surface area contributed by atoms with Crippen LogP contribution in [0.5, 0.6) is 0 Å². The molecule has 2 N–H and O–H groups in total. The predicted octanol–water partition coefficient (Wildman–Crippen LogP) is 0.991. The molecular weight excluding hydrogens is 86.1 g/mol. The third-order valence-corrected chi connectivity index (χ3v) is 2.27. The maximum absolute atomic E-state index is 5.46.